The summed E-state index contributed by atoms with van der Waals surface area (Å²) in [5.74, 6) is -1.68. The van der Waals surface area contributed by atoms with Gasteiger partial charge < -0.3 is 16.2 Å². The fourth-order valence-corrected chi connectivity index (χ4v) is 5.64. The van der Waals surface area contributed by atoms with Crippen molar-refractivity contribution in [1.29, 1.82) is 0 Å². The van der Waals surface area contributed by atoms with E-state index in [1.807, 2.05) is 44.2 Å². The fraction of sp³-hybridized carbons (Fsp3) is 0.462. The fourth-order valence-electron chi connectivity index (χ4n) is 4.04. The Hall–Kier alpha value is -2.46. The standard InChI is InChI=1S/C26H34ClN3O5S/c1-17(2)12-13-30(36(34,35)20-10-8-19(27)9-11-20)16-24(31)23(14-18-6-4-3-5-7-18)29-26(33)22-15-21(22)25(28)32/h3-11,17,21-24,31H,12-16H2,1-2H3,(H2,28,32)(H,29,33). The highest BCUT2D eigenvalue weighted by molar-refractivity contribution is 7.89. The van der Waals surface area contributed by atoms with E-state index in [0.717, 1.165) is 5.56 Å². The van der Waals surface area contributed by atoms with Crippen molar-refractivity contribution in [2.75, 3.05) is 13.1 Å². The van der Waals surface area contributed by atoms with Crippen LogP contribution in [0.2, 0.25) is 5.02 Å². The third kappa shape index (κ3) is 7.52. The van der Waals surface area contributed by atoms with Crippen LogP contribution in [0.15, 0.2) is 59.5 Å². The van der Waals surface area contributed by atoms with Crippen molar-refractivity contribution in [2.24, 2.45) is 23.5 Å². The first-order chi connectivity index (χ1) is 17.0. The summed E-state index contributed by atoms with van der Waals surface area (Å²) in [7, 11) is -3.93. The molecular weight excluding hydrogens is 502 g/mol. The molecular formula is C26H34ClN3O5S. The maximum absolute atomic E-state index is 13.5. The smallest absolute Gasteiger partial charge is 0.243 e. The molecule has 0 spiro atoms. The van der Waals surface area contributed by atoms with Gasteiger partial charge in [0.1, 0.15) is 0 Å². The van der Waals surface area contributed by atoms with Crippen LogP contribution >= 0.6 is 11.6 Å². The molecule has 2 aromatic rings. The molecule has 4 N–H and O–H groups in total. The van der Waals surface area contributed by atoms with E-state index in [-0.39, 0.29) is 29.8 Å². The Morgan fingerprint density at radius 2 is 1.75 bits per heavy atom. The number of nitrogens with one attached hydrogen (secondary N) is 1. The van der Waals surface area contributed by atoms with Crippen LogP contribution in [0.25, 0.3) is 0 Å². The lowest BCUT2D eigenvalue weighted by Crippen LogP contribution is -2.51. The molecule has 1 aliphatic carbocycles. The van der Waals surface area contributed by atoms with Gasteiger partial charge in [-0.1, -0.05) is 55.8 Å². The van der Waals surface area contributed by atoms with Gasteiger partial charge in [-0.3, -0.25) is 9.59 Å². The molecule has 36 heavy (non-hydrogen) atoms. The van der Waals surface area contributed by atoms with Gasteiger partial charge in [0.05, 0.1) is 28.9 Å². The molecule has 0 saturated heterocycles. The van der Waals surface area contributed by atoms with E-state index < -0.39 is 39.9 Å². The number of hydrogen-bond acceptors (Lipinski definition) is 5. The number of rotatable bonds is 13. The first kappa shape index (κ1) is 28.1. The molecule has 4 atom stereocenters. The van der Waals surface area contributed by atoms with Crippen molar-refractivity contribution in [3.05, 3.63) is 65.2 Å². The Kier molecular flexibility index (Phi) is 9.52. The van der Waals surface area contributed by atoms with Crippen LogP contribution in [0.3, 0.4) is 0 Å². The molecule has 2 aromatic carbocycles. The number of aliphatic hydroxyl groups is 1. The van der Waals surface area contributed by atoms with Crippen molar-refractivity contribution < 1.29 is 23.1 Å². The zero-order chi connectivity index (χ0) is 26.5. The van der Waals surface area contributed by atoms with Crippen molar-refractivity contribution in [2.45, 2.75) is 50.2 Å². The second-order valence-corrected chi connectivity index (χ2v) is 12.1. The largest absolute Gasteiger partial charge is 0.390 e. The number of hydrogen-bond donors (Lipinski definition) is 3. The van der Waals surface area contributed by atoms with Crippen LogP contribution in [-0.2, 0) is 26.0 Å². The summed E-state index contributed by atoms with van der Waals surface area (Å²) in [5.41, 5.74) is 6.20. The van der Waals surface area contributed by atoms with Gasteiger partial charge >= 0.3 is 0 Å². The van der Waals surface area contributed by atoms with Crippen molar-refractivity contribution >= 4 is 33.4 Å². The molecule has 8 nitrogen and oxygen atoms in total. The molecule has 4 unspecified atom stereocenters. The first-order valence-corrected chi connectivity index (χ1v) is 13.9. The van der Waals surface area contributed by atoms with Gasteiger partial charge in [-0.2, -0.15) is 4.31 Å². The molecule has 0 bridgehead atoms. The van der Waals surface area contributed by atoms with Crippen molar-refractivity contribution in [3.8, 4) is 0 Å². The highest BCUT2D eigenvalue weighted by Crippen LogP contribution is 2.38. The Bertz CT molecular complexity index is 1140. The van der Waals surface area contributed by atoms with Gasteiger partial charge in [0.15, 0.2) is 0 Å². The van der Waals surface area contributed by atoms with Crippen LogP contribution in [0.5, 0.6) is 0 Å². The number of carbonyl (C=O) groups excluding carboxylic acids is 2. The molecule has 0 aliphatic heterocycles. The summed E-state index contributed by atoms with van der Waals surface area (Å²) in [6.07, 6.45) is 0.0632. The summed E-state index contributed by atoms with van der Waals surface area (Å²) in [4.78, 5) is 24.3. The lowest BCUT2D eigenvalue weighted by Gasteiger charge is -2.30. The lowest BCUT2D eigenvalue weighted by molar-refractivity contribution is -0.127. The lowest BCUT2D eigenvalue weighted by atomic mass is 10.0. The van der Waals surface area contributed by atoms with E-state index in [4.69, 9.17) is 17.3 Å². The van der Waals surface area contributed by atoms with Gasteiger partial charge in [-0.15, -0.1) is 0 Å². The normalized spacial score (nSPS) is 19.2. The van der Waals surface area contributed by atoms with Gasteiger partial charge in [0.2, 0.25) is 21.8 Å². The van der Waals surface area contributed by atoms with Crippen LogP contribution in [-0.4, -0.2) is 54.9 Å². The van der Waals surface area contributed by atoms with Gasteiger partial charge in [0, 0.05) is 18.1 Å². The predicted molar refractivity (Wildman–Crippen MR) is 139 cm³/mol. The topological polar surface area (TPSA) is 130 Å². The zero-order valence-corrected chi connectivity index (χ0v) is 22.1. The van der Waals surface area contributed by atoms with E-state index in [1.165, 1.54) is 28.6 Å². The number of primary amides is 1. The van der Waals surface area contributed by atoms with E-state index in [0.29, 0.717) is 24.3 Å². The van der Waals surface area contributed by atoms with Crippen LogP contribution < -0.4 is 11.1 Å². The van der Waals surface area contributed by atoms with E-state index in [1.54, 1.807) is 0 Å². The maximum Gasteiger partial charge on any atom is 0.243 e. The number of nitrogens with two attached hydrogens (primary N) is 1. The number of halogens is 1. The van der Waals surface area contributed by atoms with E-state index in [9.17, 15) is 23.1 Å². The molecule has 196 valence electrons. The molecule has 1 aliphatic rings. The third-order valence-electron chi connectivity index (χ3n) is 6.38. The first-order valence-electron chi connectivity index (χ1n) is 12.1. The number of aliphatic hydroxyl groups excluding tert-OH is 1. The van der Waals surface area contributed by atoms with Crippen LogP contribution in [0.4, 0.5) is 0 Å². The quantitative estimate of drug-likeness (QED) is 0.363. The Morgan fingerprint density at radius 1 is 1.11 bits per heavy atom. The van der Waals surface area contributed by atoms with Crippen LogP contribution in [0.1, 0.15) is 32.3 Å². The Morgan fingerprint density at radius 3 is 2.31 bits per heavy atom. The SMILES string of the molecule is CC(C)CCN(CC(O)C(Cc1ccccc1)NC(=O)C1CC1C(N)=O)S(=O)(=O)c1ccc(Cl)cc1. The molecule has 2 amide bonds. The molecule has 0 heterocycles. The van der Waals surface area contributed by atoms with Crippen molar-refractivity contribution in [1.82, 2.24) is 9.62 Å². The van der Waals surface area contributed by atoms with Crippen LogP contribution in [0, 0.1) is 17.8 Å². The number of nitrogens with zero attached hydrogens (tertiary/aromatic N) is 1. The molecule has 10 heteroatoms. The van der Waals surface area contributed by atoms with Gasteiger partial charge in [-0.05, 0) is 55.0 Å². The second-order valence-electron chi connectivity index (χ2n) is 9.72. The predicted octanol–water partition coefficient (Wildman–Crippen LogP) is 2.59. The average Bonchev–Trinajstić information content (AvgIpc) is 3.63. The monoisotopic (exact) mass is 535 g/mol. The summed E-state index contributed by atoms with van der Waals surface area (Å²) in [5, 5.41) is 14.5. The minimum Gasteiger partial charge on any atom is -0.390 e. The van der Waals surface area contributed by atoms with Gasteiger partial charge in [0.25, 0.3) is 0 Å². The van der Waals surface area contributed by atoms with Crippen molar-refractivity contribution in [3.63, 3.8) is 0 Å². The van der Waals surface area contributed by atoms with Gasteiger partial charge in [-0.25, -0.2) is 8.42 Å². The number of sulfonamides is 1. The Balaban J connectivity index is 1.83. The Labute approximate surface area is 217 Å². The molecule has 0 radical (unpaired) electrons. The minimum absolute atomic E-state index is 0.0776. The average molecular weight is 536 g/mol. The molecule has 3 rings (SSSR count). The summed E-state index contributed by atoms with van der Waals surface area (Å²) >= 11 is 5.94. The number of carbonyl (C=O) groups is 2. The second kappa shape index (κ2) is 12.2. The molecule has 1 saturated carbocycles. The molecule has 1 fully saturated rings. The maximum atomic E-state index is 13.5. The summed E-state index contributed by atoms with van der Waals surface area (Å²) in [6.45, 7) is 3.98. The summed E-state index contributed by atoms with van der Waals surface area (Å²) in [6, 6.07) is 14.4. The van der Waals surface area contributed by atoms with E-state index >= 15 is 0 Å². The molecule has 0 aromatic heterocycles. The summed E-state index contributed by atoms with van der Waals surface area (Å²) < 4.78 is 28.2. The minimum atomic E-state index is -3.93. The van der Waals surface area contributed by atoms with E-state index in [2.05, 4.69) is 5.32 Å². The number of amides is 2. The highest BCUT2D eigenvalue weighted by atomic mass is 35.5. The number of benzene rings is 2. The third-order valence-corrected chi connectivity index (χ3v) is 8.51. The zero-order valence-electron chi connectivity index (χ0n) is 20.5. The highest BCUT2D eigenvalue weighted by Gasteiger charge is 2.47.